The van der Waals surface area contributed by atoms with Crippen molar-refractivity contribution >= 4 is 16.9 Å². The van der Waals surface area contributed by atoms with Gasteiger partial charge in [-0.1, -0.05) is 46.5 Å². The maximum atomic E-state index is 9.98. The van der Waals surface area contributed by atoms with E-state index in [1.807, 2.05) is 20.8 Å². The van der Waals surface area contributed by atoms with Crippen LogP contribution in [0.2, 0.25) is 31.7 Å². The Balaban J connectivity index is 0. The molecule has 0 fully saturated rings. The first-order valence-corrected chi connectivity index (χ1v) is 17.5. The van der Waals surface area contributed by atoms with Gasteiger partial charge in [-0.25, -0.2) is 0 Å². The summed E-state index contributed by atoms with van der Waals surface area (Å²) in [5.74, 6) is 0.833. The fraction of sp³-hybridized carbons (Fsp3) is 1.00. The zero-order valence-corrected chi connectivity index (χ0v) is 23.5. The fourth-order valence-corrected chi connectivity index (χ4v) is 6.50. The molecule has 8 heteroatoms. The summed E-state index contributed by atoms with van der Waals surface area (Å²) in [6, 6.07) is 2.06. The monoisotopic (exact) mass is 467 g/mol. The smallest absolute Gasteiger partial charge is 0.389 e. The van der Waals surface area contributed by atoms with Crippen molar-refractivity contribution in [2.45, 2.75) is 92.2 Å². The molecule has 0 spiro atoms. The number of aliphatic hydroxyl groups excluding tert-OH is 1. The van der Waals surface area contributed by atoms with Crippen LogP contribution in [0.5, 0.6) is 0 Å². The minimum absolute atomic E-state index is 0.397. The molecule has 0 aliphatic carbocycles. The first-order chi connectivity index (χ1) is 14.0. The van der Waals surface area contributed by atoms with Crippen LogP contribution in [-0.4, -0.2) is 74.2 Å². The first-order valence-electron chi connectivity index (χ1n) is 11.9. The van der Waals surface area contributed by atoms with E-state index in [9.17, 15) is 5.11 Å². The van der Waals surface area contributed by atoms with E-state index in [1.54, 1.807) is 0 Å². The van der Waals surface area contributed by atoms with Crippen molar-refractivity contribution in [1.82, 2.24) is 5.32 Å². The zero-order chi connectivity index (χ0) is 23.5. The molecule has 2 N–H and O–H groups in total. The van der Waals surface area contributed by atoms with Crippen LogP contribution in [0.3, 0.4) is 0 Å². The number of nitrogens with one attached hydrogen (secondary N) is 1. The minimum Gasteiger partial charge on any atom is -0.389 e. The maximum absolute atomic E-state index is 9.98. The van der Waals surface area contributed by atoms with Crippen LogP contribution in [-0.2, 0) is 18.0 Å². The Morgan fingerprint density at radius 1 is 0.833 bits per heavy atom. The largest absolute Gasteiger partial charge is 0.500 e. The lowest BCUT2D eigenvalue weighted by atomic mass is 10.3. The average molecular weight is 468 g/mol. The SMILES string of the molecule is CC(C)C.CCO[Si](CCCNCC(O)COCCC[Si](C)(C)C)(OCC)OCC. The Morgan fingerprint density at radius 3 is 1.77 bits per heavy atom. The third kappa shape index (κ3) is 22.9. The summed E-state index contributed by atoms with van der Waals surface area (Å²) in [4.78, 5) is 0. The Morgan fingerprint density at radius 2 is 1.33 bits per heavy atom. The van der Waals surface area contributed by atoms with Gasteiger partial charge in [0.1, 0.15) is 0 Å². The molecule has 6 nitrogen and oxygen atoms in total. The van der Waals surface area contributed by atoms with Crippen molar-refractivity contribution in [3.8, 4) is 0 Å². The standard InChI is InChI=1S/C18H43NO5Si2.C4H10/c1-7-22-26(23-8-2,24-9-3)15-10-12-19-16-18(20)17-21-13-11-14-25(4,5)6;1-4(2)3/h18-20H,7-17H2,1-6H3;4H,1-3H3. The van der Waals surface area contributed by atoms with Gasteiger partial charge in [0.25, 0.3) is 0 Å². The van der Waals surface area contributed by atoms with Crippen molar-refractivity contribution in [2.24, 2.45) is 5.92 Å². The number of hydrogen-bond acceptors (Lipinski definition) is 6. The van der Waals surface area contributed by atoms with Crippen molar-refractivity contribution in [1.29, 1.82) is 0 Å². The normalized spacial score (nSPS) is 13.3. The van der Waals surface area contributed by atoms with E-state index < -0.39 is 23.0 Å². The summed E-state index contributed by atoms with van der Waals surface area (Å²) in [6.45, 7) is 23.8. The second-order valence-electron chi connectivity index (χ2n) is 9.41. The number of aliphatic hydroxyl groups is 1. The molecule has 0 saturated heterocycles. The van der Waals surface area contributed by atoms with Gasteiger partial charge in [0.15, 0.2) is 0 Å². The first kappa shape index (κ1) is 32.4. The molecule has 184 valence electrons. The molecule has 0 aliphatic heterocycles. The fourth-order valence-electron chi connectivity index (χ4n) is 2.68. The zero-order valence-electron chi connectivity index (χ0n) is 21.5. The molecule has 0 amide bonds. The van der Waals surface area contributed by atoms with E-state index in [0.29, 0.717) is 33.0 Å². The van der Waals surface area contributed by atoms with Gasteiger partial charge >= 0.3 is 8.80 Å². The Hall–Kier alpha value is 0.194. The predicted octanol–water partition coefficient (Wildman–Crippen LogP) is 4.78. The topological polar surface area (TPSA) is 69.2 Å². The molecule has 0 aliphatic rings. The van der Waals surface area contributed by atoms with Crippen LogP contribution in [0, 0.1) is 5.92 Å². The van der Waals surface area contributed by atoms with Gasteiger partial charge in [-0.05, 0) is 46.1 Å². The predicted molar refractivity (Wildman–Crippen MR) is 133 cm³/mol. The highest BCUT2D eigenvalue weighted by Crippen LogP contribution is 2.17. The summed E-state index contributed by atoms with van der Waals surface area (Å²) in [6.07, 6.45) is 1.53. The number of hydrogen-bond donors (Lipinski definition) is 2. The van der Waals surface area contributed by atoms with Gasteiger partial charge < -0.3 is 28.4 Å². The molecule has 1 atom stereocenters. The van der Waals surface area contributed by atoms with E-state index in [0.717, 1.165) is 38.0 Å². The minimum atomic E-state index is -2.54. The maximum Gasteiger partial charge on any atom is 0.500 e. The van der Waals surface area contributed by atoms with Crippen LogP contribution >= 0.6 is 0 Å². The lowest BCUT2D eigenvalue weighted by Gasteiger charge is -2.28. The Bertz CT molecular complexity index is 348. The van der Waals surface area contributed by atoms with E-state index in [-0.39, 0.29) is 0 Å². The molecule has 0 heterocycles. The lowest BCUT2D eigenvalue weighted by Crippen LogP contribution is -2.46. The molecule has 0 rings (SSSR count). The highest BCUT2D eigenvalue weighted by molar-refractivity contribution is 6.76. The molecule has 0 bridgehead atoms. The van der Waals surface area contributed by atoms with Gasteiger partial charge in [-0.15, -0.1) is 0 Å². The second-order valence-corrected chi connectivity index (χ2v) is 17.8. The van der Waals surface area contributed by atoms with Gasteiger partial charge in [0.05, 0.1) is 12.7 Å². The van der Waals surface area contributed by atoms with Crippen LogP contribution < -0.4 is 5.32 Å². The van der Waals surface area contributed by atoms with E-state index in [1.165, 1.54) is 6.04 Å². The summed E-state index contributed by atoms with van der Waals surface area (Å²) in [5, 5.41) is 13.3. The van der Waals surface area contributed by atoms with Crippen molar-refractivity contribution < 1.29 is 23.1 Å². The van der Waals surface area contributed by atoms with Gasteiger partial charge in [-0.3, -0.25) is 0 Å². The van der Waals surface area contributed by atoms with Crippen LogP contribution in [0.1, 0.15) is 54.4 Å². The highest BCUT2D eigenvalue weighted by atomic mass is 28.4. The Labute approximate surface area is 189 Å². The van der Waals surface area contributed by atoms with Crippen molar-refractivity contribution in [3.05, 3.63) is 0 Å². The molecule has 30 heavy (non-hydrogen) atoms. The molecule has 0 aromatic carbocycles. The van der Waals surface area contributed by atoms with Crippen LogP contribution in [0.15, 0.2) is 0 Å². The van der Waals surface area contributed by atoms with E-state index in [2.05, 4.69) is 45.7 Å². The van der Waals surface area contributed by atoms with Crippen molar-refractivity contribution in [2.75, 3.05) is 46.1 Å². The molecule has 1 unspecified atom stereocenters. The average Bonchev–Trinajstić information content (AvgIpc) is 2.60. The summed E-state index contributed by atoms with van der Waals surface area (Å²) in [5.41, 5.74) is 0. The molecule has 0 saturated carbocycles. The molecular formula is C22H53NO5Si2. The van der Waals surface area contributed by atoms with Gasteiger partial charge in [-0.2, -0.15) is 0 Å². The molecule has 0 radical (unpaired) electrons. The van der Waals surface area contributed by atoms with Gasteiger partial charge in [0, 0.05) is 47.1 Å². The van der Waals surface area contributed by atoms with Gasteiger partial charge in [0.2, 0.25) is 0 Å². The Kier molecular flexibility index (Phi) is 21.4. The number of ether oxygens (including phenoxy) is 1. The van der Waals surface area contributed by atoms with Crippen LogP contribution in [0.25, 0.3) is 0 Å². The molecular weight excluding hydrogens is 414 g/mol. The summed E-state index contributed by atoms with van der Waals surface area (Å²) >= 11 is 0. The second kappa shape index (κ2) is 19.8. The summed E-state index contributed by atoms with van der Waals surface area (Å²) < 4.78 is 23.1. The van der Waals surface area contributed by atoms with E-state index in [4.69, 9.17) is 18.0 Å². The summed E-state index contributed by atoms with van der Waals surface area (Å²) in [7, 11) is -3.52. The quantitative estimate of drug-likeness (QED) is 0.223. The van der Waals surface area contributed by atoms with E-state index >= 15 is 0 Å². The lowest BCUT2D eigenvalue weighted by molar-refractivity contribution is 0.0372. The molecule has 0 aromatic rings. The van der Waals surface area contributed by atoms with Crippen LogP contribution in [0.4, 0.5) is 0 Å². The van der Waals surface area contributed by atoms with Crippen molar-refractivity contribution in [3.63, 3.8) is 0 Å². The third-order valence-corrected chi connectivity index (χ3v) is 8.84. The molecule has 0 aromatic heterocycles. The number of rotatable bonds is 18. The highest BCUT2D eigenvalue weighted by Gasteiger charge is 2.39. The third-order valence-electron chi connectivity index (χ3n) is 3.83.